The van der Waals surface area contributed by atoms with E-state index in [4.69, 9.17) is 10.3 Å². The topological polar surface area (TPSA) is 142 Å². The number of fused-ring (bicyclic) bond motifs is 1. The highest BCUT2D eigenvalue weighted by Crippen LogP contribution is 2.49. The molecule has 0 radical (unpaired) electrons. The van der Waals surface area contributed by atoms with Gasteiger partial charge in [0, 0.05) is 11.1 Å². The van der Waals surface area contributed by atoms with Crippen molar-refractivity contribution in [2.75, 3.05) is 0 Å². The molecule has 2 fully saturated rings. The fourth-order valence-electron chi connectivity index (χ4n) is 5.03. The van der Waals surface area contributed by atoms with Crippen LogP contribution >= 0.6 is 0 Å². The minimum Gasteiger partial charge on any atom is -0.451 e. The summed E-state index contributed by atoms with van der Waals surface area (Å²) < 4.78 is 31.7. The number of hydrogen-bond acceptors (Lipinski definition) is 7. The summed E-state index contributed by atoms with van der Waals surface area (Å²) in [4.78, 5) is 35.0. The molecule has 1 aromatic heterocycles. The van der Waals surface area contributed by atoms with Crippen molar-refractivity contribution in [3.63, 3.8) is 0 Å². The van der Waals surface area contributed by atoms with Crippen LogP contribution in [0.4, 0.5) is 0 Å². The minimum absolute atomic E-state index is 0.0227. The lowest BCUT2D eigenvalue weighted by atomic mass is 9.94. The normalized spacial score (nSPS) is 21.7. The first-order chi connectivity index (χ1) is 18.7. The van der Waals surface area contributed by atoms with Crippen molar-refractivity contribution in [1.82, 2.24) is 9.88 Å². The maximum absolute atomic E-state index is 13.7. The monoisotopic (exact) mass is 543 g/mol. The van der Waals surface area contributed by atoms with Gasteiger partial charge in [0.1, 0.15) is 4.75 Å². The Bertz CT molecular complexity index is 1580. The SMILES string of the molecule is CC1(C)[C@H](C(=O)OC(c2ccccc2)c2ccccc2)N2C(=O)/C(=C/c3cc(CN=[N+]=[N-])ccn3)[C@H]2S1(=O)=O. The highest BCUT2D eigenvalue weighted by atomic mass is 32.2. The Labute approximate surface area is 225 Å². The molecule has 2 aromatic carbocycles. The van der Waals surface area contributed by atoms with Crippen molar-refractivity contribution < 1.29 is 22.7 Å². The van der Waals surface area contributed by atoms with Crippen molar-refractivity contribution in [3.05, 3.63) is 117 Å². The van der Waals surface area contributed by atoms with Gasteiger partial charge in [-0.1, -0.05) is 65.8 Å². The van der Waals surface area contributed by atoms with Crippen LogP contribution in [0.25, 0.3) is 16.5 Å². The summed E-state index contributed by atoms with van der Waals surface area (Å²) in [5, 5.41) is 2.21. The van der Waals surface area contributed by atoms with Gasteiger partial charge in [0.25, 0.3) is 5.91 Å². The van der Waals surface area contributed by atoms with Gasteiger partial charge in [-0.2, -0.15) is 0 Å². The standard InChI is InChI=1S/C28H25N5O5S/c1-28(2)24(27(35)38-23(19-9-5-3-6-10-19)20-11-7-4-8-12-20)33-25(34)22(26(33)39(28,36)37)16-21-15-18(13-14-30-21)17-31-32-29/h3-16,23-24,26H,17H2,1-2H3/b22-16-/t24-,26+/m0/s1. The fourth-order valence-corrected chi connectivity index (χ4v) is 7.15. The number of hydrogen-bond donors (Lipinski definition) is 0. The minimum atomic E-state index is -4.01. The number of carbonyl (C=O) groups excluding carboxylic acids is 2. The predicted molar refractivity (Wildman–Crippen MR) is 143 cm³/mol. The first-order valence-electron chi connectivity index (χ1n) is 12.2. The highest BCUT2D eigenvalue weighted by Gasteiger charge is 2.70. The molecule has 2 aliphatic heterocycles. The smallest absolute Gasteiger partial charge is 0.331 e. The number of ether oxygens (including phenoxy) is 1. The fraction of sp³-hybridized carbons (Fsp3) is 0.250. The van der Waals surface area contributed by atoms with Gasteiger partial charge in [0.15, 0.2) is 27.4 Å². The predicted octanol–water partition coefficient (Wildman–Crippen LogP) is 4.35. The van der Waals surface area contributed by atoms with Crippen molar-refractivity contribution in [1.29, 1.82) is 0 Å². The number of aromatic nitrogens is 1. The van der Waals surface area contributed by atoms with Gasteiger partial charge in [-0.15, -0.1) is 0 Å². The molecule has 10 nitrogen and oxygen atoms in total. The summed E-state index contributed by atoms with van der Waals surface area (Å²) in [6.45, 7) is 2.97. The van der Waals surface area contributed by atoms with Crippen LogP contribution in [-0.4, -0.2) is 46.3 Å². The Hall–Kier alpha value is -4.47. The van der Waals surface area contributed by atoms with E-state index in [1.165, 1.54) is 26.1 Å². The number of esters is 1. The van der Waals surface area contributed by atoms with Gasteiger partial charge >= 0.3 is 5.97 Å². The molecule has 2 saturated heterocycles. The second kappa shape index (κ2) is 10.0. The third-order valence-electron chi connectivity index (χ3n) is 7.09. The van der Waals surface area contributed by atoms with Crippen molar-refractivity contribution in [2.45, 2.75) is 42.7 Å². The third-order valence-corrected chi connectivity index (χ3v) is 9.85. The van der Waals surface area contributed by atoms with Gasteiger partial charge < -0.3 is 9.64 Å². The molecule has 11 heteroatoms. The molecule has 0 N–H and O–H groups in total. The average Bonchev–Trinajstić information content (AvgIpc) is 3.09. The zero-order valence-electron chi connectivity index (χ0n) is 21.2. The molecule has 0 spiro atoms. The quantitative estimate of drug-likeness (QED) is 0.108. The molecular weight excluding hydrogens is 518 g/mol. The summed E-state index contributed by atoms with van der Waals surface area (Å²) in [6.07, 6.45) is 2.10. The Balaban J connectivity index is 1.48. The molecule has 2 atom stereocenters. The number of azide groups is 1. The lowest BCUT2D eigenvalue weighted by Crippen LogP contribution is -2.59. The highest BCUT2D eigenvalue weighted by molar-refractivity contribution is 7.94. The van der Waals surface area contributed by atoms with E-state index in [1.54, 1.807) is 12.1 Å². The molecule has 198 valence electrons. The molecule has 0 unspecified atom stereocenters. The number of rotatable bonds is 7. The van der Waals surface area contributed by atoms with E-state index in [9.17, 15) is 18.0 Å². The van der Waals surface area contributed by atoms with Gasteiger partial charge in [-0.25, -0.2) is 13.2 Å². The van der Waals surface area contributed by atoms with Crippen molar-refractivity contribution in [2.24, 2.45) is 5.11 Å². The number of carbonyl (C=O) groups is 2. The summed E-state index contributed by atoms with van der Waals surface area (Å²) in [7, 11) is -4.01. The number of benzene rings is 2. The molecule has 1 amide bonds. The Morgan fingerprint density at radius 2 is 1.74 bits per heavy atom. The molecule has 3 heterocycles. The van der Waals surface area contributed by atoms with Crippen molar-refractivity contribution in [3.8, 4) is 0 Å². The van der Waals surface area contributed by atoms with E-state index in [0.717, 1.165) is 16.0 Å². The molecule has 0 saturated carbocycles. The summed E-state index contributed by atoms with van der Waals surface area (Å²) in [5.74, 6) is -1.38. The van der Waals surface area contributed by atoms with Crippen LogP contribution in [0.3, 0.4) is 0 Å². The van der Waals surface area contributed by atoms with Crippen LogP contribution in [0.2, 0.25) is 0 Å². The first kappa shape index (κ1) is 26.1. The van der Waals surface area contributed by atoms with E-state index in [0.29, 0.717) is 11.3 Å². The van der Waals surface area contributed by atoms with E-state index >= 15 is 0 Å². The molecular formula is C28H25N5O5S. The first-order valence-corrected chi connectivity index (χ1v) is 13.8. The Morgan fingerprint density at radius 1 is 1.13 bits per heavy atom. The average molecular weight is 544 g/mol. The Kier molecular flexibility index (Phi) is 6.71. The number of sulfone groups is 1. The third kappa shape index (κ3) is 4.45. The van der Waals surface area contributed by atoms with E-state index in [-0.39, 0.29) is 12.1 Å². The van der Waals surface area contributed by atoms with Gasteiger partial charge in [0.05, 0.1) is 17.8 Å². The maximum atomic E-state index is 13.7. The molecule has 39 heavy (non-hydrogen) atoms. The van der Waals surface area contributed by atoms with Crippen LogP contribution in [0.1, 0.15) is 42.3 Å². The van der Waals surface area contributed by atoms with E-state index < -0.39 is 44.0 Å². The zero-order valence-corrected chi connectivity index (χ0v) is 22.0. The number of β-lactam (4-membered cyclic amide) rings is 1. The van der Waals surface area contributed by atoms with Crippen LogP contribution < -0.4 is 0 Å². The second-order valence-electron chi connectivity index (χ2n) is 9.83. The summed E-state index contributed by atoms with van der Waals surface area (Å²) in [5.41, 5.74) is 11.0. The maximum Gasteiger partial charge on any atom is 0.331 e. The lowest BCUT2D eigenvalue weighted by molar-refractivity contribution is -0.160. The van der Waals surface area contributed by atoms with Gasteiger partial charge in [-0.05, 0) is 54.3 Å². The molecule has 3 aromatic rings. The number of amides is 1. The Morgan fingerprint density at radius 3 is 2.33 bits per heavy atom. The van der Waals surface area contributed by atoms with Crippen molar-refractivity contribution >= 4 is 27.8 Å². The lowest BCUT2D eigenvalue weighted by Gasteiger charge is -2.38. The van der Waals surface area contributed by atoms with Crippen LogP contribution in [-0.2, 0) is 30.7 Å². The number of nitrogens with zero attached hydrogens (tertiary/aromatic N) is 5. The zero-order chi connectivity index (χ0) is 27.8. The summed E-state index contributed by atoms with van der Waals surface area (Å²) in [6, 6.07) is 20.2. The molecule has 0 bridgehead atoms. The van der Waals surface area contributed by atoms with Crippen LogP contribution in [0, 0.1) is 0 Å². The van der Waals surface area contributed by atoms with Gasteiger partial charge in [-0.3, -0.25) is 9.78 Å². The largest absolute Gasteiger partial charge is 0.451 e. The molecule has 0 aliphatic carbocycles. The molecule has 2 aliphatic rings. The van der Waals surface area contributed by atoms with Crippen LogP contribution in [0.5, 0.6) is 0 Å². The van der Waals surface area contributed by atoms with Gasteiger partial charge in [0.2, 0.25) is 0 Å². The molecule has 5 rings (SSSR count). The second-order valence-corrected chi connectivity index (χ2v) is 12.4. The number of pyridine rings is 1. The van der Waals surface area contributed by atoms with E-state index in [1.807, 2.05) is 60.7 Å². The summed E-state index contributed by atoms with van der Waals surface area (Å²) >= 11 is 0. The van der Waals surface area contributed by atoms with Crippen LogP contribution in [0.15, 0.2) is 89.7 Å². The van der Waals surface area contributed by atoms with E-state index in [2.05, 4.69) is 15.0 Å².